The van der Waals surface area contributed by atoms with Crippen molar-refractivity contribution in [3.63, 3.8) is 0 Å². The first kappa shape index (κ1) is 22.7. The predicted molar refractivity (Wildman–Crippen MR) is 126 cm³/mol. The number of benzene rings is 1. The highest BCUT2D eigenvalue weighted by Gasteiger charge is 2.16. The molecule has 0 unspecified atom stereocenters. The number of urea groups is 1. The number of hydrogen-bond donors (Lipinski definition) is 3. The highest BCUT2D eigenvalue weighted by molar-refractivity contribution is 6.00. The van der Waals surface area contributed by atoms with Crippen molar-refractivity contribution >= 4 is 22.8 Å². The molecule has 8 nitrogen and oxygen atoms in total. The Labute approximate surface area is 183 Å². The van der Waals surface area contributed by atoms with Crippen LogP contribution in [0.3, 0.4) is 0 Å². The Morgan fingerprint density at radius 2 is 2.00 bits per heavy atom. The lowest BCUT2D eigenvalue weighted by Crippen LogP contribution is -2.34. The van der Waals surface area contributed by atoms with E-state index in [1.54, 1.807) is 6.20 Å². The number of nitrogens with one attached hydrogen (secondary N) is 2. The summed E-state index contributed by atoms with van der Waals surface area (Å²) in [6, 6.07) is 10.2. The molecule has 3 aromatic rings. The summed E-state index contributed by atoms with van der Waals surface area (Å²) in [7, 11) is 2.06. The van der Waals surface area contributed by atoms with Crippen molar-refractivity contribution in [1.82, 2.24) is 25.0 Å². The molecule has 2 aromatic heterocycles. The Balaban J connectivity index is 2.04. The van der Waals surface area contributed by atoms with Crippen LogP contribution in [0.25, 0.3) is 22.3 Å². The average molecular weight is 424 g/mol. The molecular weight excluding hydrogens is 390 g/mol. The van der Waals surface area contributed by atoms with Gasteiger partial charge in [0, 0.05) is 37.3 Å². The molecule has 4 N–H and O–H groups in total. The molecule has 0 saturated carbocycles. The van der Waals surface area contributed by atoms with Crippen LogP contribution < -0.4 is 16.4 Å². The van der Waals surface area contributed by atoms with Gasteiger partial charge in [0.1, 0.15) is 0 Å². The standard InChI is InChI=1S/C23H33N7O/c1-15(2)26-23(31)28-21-12-20(27-22-19(21)13-25-30(22)16(3)4)18-8-6-7-17(11-18)14-29(5)10-9-24/h6-8,11-13,15-16H,9-10,14,24H2,1-5H3,(H2,26,27,28,31). The smallest absolute Gasteiger partial charge is 0.319 e. The summed E-state index contributed by atoms with van der Waals surface area (Å²) >= 11 is 0. The highest BCUT2D eigenvalue weighted by Crippen LogP contribution is 2.30. The maximum Gasteiger partial charge on any atom is 0.319 e. The Morgan fingerprint density at radius 1 is 1.23 bits per heavy atom. The lowest BCUT2D eigenvalue weighted by atomic mass is 10.1. The molecule has 0 aliphatic heterocycles. The first-order chi connectivity index (χ1) is 14.8. The fourth-order valence-corrected chi connectivity index (χ4v) is 3.51. The summed E-state index contributed by atoms with van der Waals surface area (Å²) in [6.07, 6.45) is 1.76. The highest BCUT2D eigenvalue weighted by atomic mass is 16.2. The number of likely N-dealkylation sites (N-methyl/N-ethyl adjacent to an activating group) is 1. The third kappa shape index (κ3) is 5.59. The summed E-state index contributed by atoms with van der Waals surface area (Å²) in [4.78, 5) is 19.5. The summed E-state index contributed by atoms with van der Waals surface area (Å²) in [6.45, 7) is 10.2. The van der Waals surface area contributed by atoms with E-state index in [1.165, 1.54) is 5.56 Å². The van der Waals surface area contributed by atoms with Gasteiger partial charge in [0.05, 0.1) is 23.0 Å². The SMILES string of the molecule is CC(C)NC(=O)Nc1cc(-c2cccc(CN(C)CCN)c2)nc2c1cnn2C(C)C. The maximum atomic E-state index is 12.4. The van der Waals surface area contributed by atoms with Gasteiger partial charge in [0.15, 0.2) is 5.65 Å². The lowest BCUT2D eigenvalue weighted by molar-refractivity contribution is 0.250. The molecule has 166 valence electrons. The van der Waals surface area contributed by atoms with E-state index in [0.717, 1.165) is 35.4 Å². The summed E-state index contributed by atoms with van der Waals surface area (Å²) in [5, 5.41) is 11.2. The van der Waals surface area contributed by atoms with Crippen LogP contribution in [0.2, 0.25) is 0 Å². The van der Waals surface area contributed by atoms with Crippen LogP contribution in [0.4, 0.5) is 10.5 Å². The van der Waals surface area contributed by atoms with Gasteiger partial charge in [-0.2, -0.15) is 5.10 Å². The predicted octanol–water partition coefficient (Wildman–Crippen LogP) is 3.60. The van der Waals surface area contributed by atoms with Gasteiger partial charge in [-0.05, 0) is 52.4 Å². The van der Waals surface area contributed by atoms with Crippen molar-refractivity contribution in [1.29, 1.82) is 0 Å². The molecule has 0 spiro atoms. The minimum absolute atomic E-state index is 0.0392. The molecule has 0 fully saturated rings. The molecule has 3 rings (SSSR count). The topological polar surface area (TPSA) is 101 Å². The quantitative estimate of drug-likeness (QED) is 0.514. The maximum absolute atomic E-state index is 12.4. The van der Waals surface area contributed by atoms with E-state index in [4.69, 9.17) is 10.7 Å². The second kappa shape index (κ2) is 9.89. The third-order valence-electron chi connectivity index (χ3n) is 4.91. The number of amides is 2. The lowest BCUT2D eigenvalue weighted by Gasteiger charge is -2.16. The van der Waals surface area contributed by atoms with E-state index in [0.29, 0.717) is 12.2 Å². The summed E-state index contributed by atoms with van der Waals surface area (Å²) in [5.41, 5.74) is 10.1. The van der Waals surface area contributed by atoms with Crippen molar-refractivity contribution in [2.75, 3.05) is 25.5 Å². The minimum atomic E-state index is -0.247. The number of pyridine rings is 1. The zero-order chi connectivity index (χ0) is 22.5. The zero-order valence-electron chi connectivity index (χ0n) is 19.0. The van der Waals surface area contributed by atoms with Gasteiger partial charge in [0.2, 0.25) is 0 Å². The normalized spacial score (nSPS) is 11.6. The van der Waals surface area contributed by atoms with Crippen LogP contribution in [-0.4, -0.2) is 51.9 Å². The van der Waals surface area contributed by atoms with E-state index in [2.05, 4.69) is 53.7 Å². The van der Waals surface area contributed by atoms with Gasteiger partial charge in [-0.25, -0.2) is 14.5 Å². The van der Waals surface area contributed by atoms with Crippen molar-refractivity contribution in [3.8, 4) is 11.3 Å². The van der Waals surface area contributed by atoms with E-state index < -0.39 is 0 Å². The zero-order valence-corrected chi connectivity index (χ0v) is 19.0. The van der Waals surface area contributed by atoms with Crippen molar-refractivity contribution in [3.05, 3.63) is 42.1 Å². The number of carbonyl (C=O) groups excluding carboxylic acids is 1. The van der Waals surface area contributed by atoms with Crippen LogP contribution in [0.15, 0.2) is 36.5 Å². The van der Waals surface area contributed by atoms with Crippen LogP contribution in [0, 0.1) is 0 Å². The molecule has 0 radical (unpaired) electrons. The monoisotopic (exact) mass is 423 g/mol. The molecular formula is C23H33N7O. The number of hydrogen-bond acceptors (Lipinski definition) is 5. The number of fused-ring (bicyclic) bond motifs is 1. The number of nitrogens with zero attached hydrogens (tertiary/aromatic N) is 4. The number of rotatable bonds is 8. The Kier molecular flexibility index (Phi) is 7.25. The average Bonchev–Trinajstić information content (AvgIpc) is 3.12. The first-order valence-electron chi connectivity index (χ1n) is 10.7. The van der Waals surface area contributed by atoms with E-state index in [9.17, 15) is 4.79 Å². The largest absolute Gasteiger partial charge is 0.336 e. The van der Waals surface area contributed by atoms with Gasteiger partial charge in [-0.1, -0.05) is 18.2 Å². The Bertz CT molecular complexity index is 1040. The molecule has 0 atom stereocenters. The second-order valence-electron chi connectivity index (χ2n) is 8.46. The van der Waals surface area contributed by atoms with Crippen molar-refractivity contribution in [2.24, 2.45) is 5.73 Å². The van der Waals surface area contributed by atoms with E-state index >= 15 is 0 Å². The first-order valence-corrected chi connectivity index (χ1v) is 10.7. The minimum Gasteiger partial charge on any atom is -0.336 e. The van der Waals surface area contributed by atoms with Crippen LogP contribution in [0.5, 0.6) is 0 Å². The molecule has 1 aromatic carbocycles. The molecule has 2 heterocycles. The van der Waals surface area contributed by atoms with Gasteiger partial charge in [0.25, 0.3) is 0 Å². The Morgan fingerprint density at radius 3 is 2.68 bits per heavy atom. The molecule has 31 heavy (non-hydrogen) atoms. The van der Waals surface area contributed by atoms with E-state index in [1.807, 2.05) is 36.7 Å². The molecule has 0 bridgehead atoms. The summed E-state index contributed by atoms with van der Waals surface area (Å²) < 4.78 is 1.88. The second-order valence-corrected chi connectivity index (χ2v) is 8.46. The van der Waals surface area contributed by atoms with Crippen molar-refractivity contribution < 1.29 is 4.79 Å². The molecule has 0 aliphatic carbocycles. The van der Waals surface area contributed by atoms with Crippen LogP contribution >= 0.6 is 0 Å². The number of nitrogens with two attached hydrogens (primary N) is 1. The fraction of sp³-hybridized carbons (Fsp3) is 0.435. The van der Waals surface area contributed by atoms with Gasteiger partial charge < -0.3 is 21.3 Å². The van der Waals surface area contributed by atoms with Crippen LogP contribution in [-0.2, 0) is 6.54 Å². The van der Waals surface area contributed by atoms with E-state index in [-0.39, 0.29) is 18.1 Å². The summed E-state index contributed by atoms with van der Waals surface area (Å²) in [5.74, 6) is 0. The number of aromatic nitrogens is 3. The fourth-order valence-electron chi connectivity index (χ4n) is 3.51. The molecule has 0 aliphatic rings. The van der Waals surface area contributed by atoms with Gasteiger partial charge >= 0.3 is 6.03 Å². The number of anilines is 1. The molecule has 0 saturated heterocycles. The van der Waals surface area contributed by atoms with Crippen molar-refractivity contribution in [2.45, 2.75) is 46.3 Å². The number of carbonyl (C=O) groups is 1. The Hall–Kier alpha value is -2.97. The van der Waals surface area contributed by atoms with Gasteiger partial charge in [-0.15, -0.1) is 0 Å². The van der Waals surface area contributed by atoms with Crippen LogP contribution in [0.1, 0.15) is 39.3 Å². The molecule has 2 amide bonds. The third-order valence-corrected chi connectivity index (χ3v) is 4.91. The van der Waals surface area contributed by atoms with Gasteiger partial charge in [-0.3, -0.25) is 0 Å². The molecule has 8 heteroatoms.